The molecule has 0 unspecified atom stereocenters. The third kappa shape index (κ3) is 2.34. The van der Waals surface area contributed by atoms with E-state index in [1.54, 1.807) is 0 Å². The van der Waals surface area contributed by atoms with Crippen molar-refractivity contribution in [1.29, 1.82) is 0 Å². The number of aromatic nitrogens is 2. The Balaban J connectivity index is 1.34. The van der Waals surface area contributed by atoms with Crippen molar-refractivity contribution in [2.24, 2.45) is 29.1 Å². The Kier molecular flexibility index (Phi) is 3.66. The quantitative estimate of drug-likeness (QED) is 0.295. The number of hydrogen-bond donors (Lipinski definition) is 0. The van der Waals surface area contributed by atoms with Crippen molar-refractivity contribution in [1.82, 2.24) is 9.97 Å². The van der Waals surface area contributed by atoms with E-state index in [0.717, 1.165) is 34.7 Å². The number of nitrogens with zero attached hydrogens (tertiary/aromatic N) is 2. The number of fused-ring (bicyclic) bond motifs is 10. The van der Waals surface area contributed by atoms with Crippen molar-refractivity contribution in [3.8, 4) is 0 Å². The number of allylic oxidation sites excluding steroid dienone is 2. The molecule has 0 saturated heterocycles. The predicted molar refractivity (Wildman–Crippen MR) is 127 cm³/mol. The molecule has 2 nitrogen and oxygen atoms in total. The van der Waals surface area contributed by atoms with Gasteiger partial charge in [-0.15, -0.1) is 0 Å². The minimum Gasteiger partial charge on any atom is -0.254 e. The van der Waals surface area contributed by atoms with Gasteiger partial charge in [-0.1, -0.05) is 44.2 Å². The number of hydrogen-bond acceptors (Lipinski definition) is 2. The maximum atomic E-state index is 5.40. The monoisotopic (exact) mass is 408 g/mol. The lowest BCUT2D eigenvalue weighted by Crippen LogP contribution is -2.52. The summed E-state index contributed by atoms with van der Waals surface area (Å²) < 4.78 is 0. The number of pyridine rings is 2. The molecule has 0 spiro atoms. The van der Waals surface area contributed by atoms with Crippen LogP contribution in [0.3, 0.4) is 0 Å². The Morgan fingerprint density at radius 1 is 0.935 bits per heavy atom. The van der Waals surface area contributed by atoms with Crippen LogP contribution in [-0.4, -0.2) is 9.97 Å². The number of benzene rings is 1. The summed E-state index contributed by atoms with van der Waals surface area (Å²) in [5.41, 5.74) is 5.84. The Morgan fingerprint density at radius 3 is 2.77 bits per heavy atom. The van der Waals surface area contributed by atoms with E-state index >= 15 is 0 Å². The standard InChI is InChI=1S/C29H32N2/c1-28-13-4-3-7-21(28)10-11-22-23(28)12-14-29(2)24(22)17-20-16-19-9-8-18-6-5-15-30-25(18)26(19)31-27(20)29/h3-6,8-9,15-16,21-24H,7,10-14,17H2,1-2H3/t21-,22-,23+,24+,28+,29+/m1/s1. The first-order valence-electron chi connectivity index (χ1n) is 12.4. The fourth-order valence-electron chi connectivity index (χ4n) is 8.53. The molecule has 31 heavy (non-hydrogen) atoms. The lowest BCUT2D eigenvalue weighted by atomic mass is 9.46. The zero-order valence-corrected chi connectivity index (χ0v) is 18.8. The largest absolute Gasteiger partial charge is 0.254 e. The summed E-state index contributed by atoms with van der Waals surface area (Å²) in [6, 6.07) is 11.1. The van der Waals surface area contributed by atoms with Crippen LogP contribution in [-0.2, 0) is 11.8 Å². The van der Waals surface area contributed by atoms with Gasteiger partial charge in [-0.3, -0.25) is 4.98 Å². The van der Waals surface area contributed by atoms with Crippen molar-refractivity contribution < 1.29 is 0 Å². The second-order valence-electron chi connectivity index (χ2n) is 11.4. The molecule has 2 aromatic heterocycles. The average Bonchev–Trinajstić information content (AvgIpc) is 3.09. The third-order valence-corrected chi connectivity index (χ3v) is 10.2. The Labute approximate surface area is 185 Å². The molecule has 7 rings (SSSR count). The van der Waals surface area contributed by atoms with Gasteiger partial charge in [0, 0.05) is 22.4 Å². The summed E-state index contributed by atoms with van der Waals surface area (Å²) in [5, 5.41) is 2.46. The second kappa shape index (κ2) is 6.18. The normalized spacial score (nSPS) is 38.5. The molecule has 6 atom stereocenters. The van der Waals surface area contributed by atoms with Gasteiger partial charge in [-0.05, 0) is 91.7 Å². The molecule has 1 aromatic carbocycles. The molecule has 2 heteroatoms. The van der Waals surface area contributed by atoms with Crippen LogP contribution in [0.15, 0.2) is 48.7 Å². The van der Waals surface area contributed by atoms with Gasteiger partial charge in [-0.2, -0.15) is 0 Å². The first-order chi connectivity index (χ1) is 15.1. The van der Waals surface area contributed by atoms with E-state index in [2.05, 4.69) is 50.3 Å². The van der Waals surface area contributed by atoms with E-state index in [4.69, 9.17) is 9.97 Å². The topological polar surface area (TPSA) is 25.8 Å². The molecular weight excluding hydrogens is 376 g/mol. The fraction of sp³-hybridized carbons (Fsp3) is 0.517. The van der Waals surface area contributed by atoms with Crippen molar-refractivity contribution in [3.63, 3.8) is 0 Å². The van der Waals surface area contributed by atoms with Crippen molar-refractivity contribution in [3.05, 3.63) is 59.9 Å². The highest BCUT2D eigenvalue weighted by Crippen LogP contribution is 2.64. The van der Waals surface area contributed by atoms with Crippen LogP contribution >= 0.6 is 0 Å². The van der Waals surface area contributed by atoms with Gasteiger partial charge >= 0.3 is 0 Å². The van der Waals surface area contributed by atoms with E-state index in [1.807, 2.05) is 12.3 Å². The molecule has 2 saturated carbocycles. The summed E-state index contributed by atoms with van der Waals surface area (Å²) in [4.78, 5) is 10.1. The zero-order chi connectivity index (χ0) is 20.8. The summed E-state index contributed by atoms with van der Waals surface area (Å²) in [6.07, 6.45) is 16.2. The number of rotatable bonds is 0. The van der Waals surface area contributed by atoms with E-state index in [1.165, 1.54) is 67.0 Å². The molecule has 0 amide bonds. The fourth-order valence-corrected chi connectivity index (χ4v) is 8.53. The van der Waals surface area contributed by atoms with Gasteiger partial charge in [0.1, 0.15) is 0 Å². The van der Waals surface area contributed by atoms with Crippen LogP contribution in [0.5, 0.6) is 0 Å². The molecule has 0 radical (unpaired) electrons. The lowest BCUT2D eigenvalue weighted by molar-refractivity contribution is -0.0728. The Bertz CT molecular complexity index is 1240. The van der Waals surface area contributed by atoms with E-state index in [9.17, 15) is 0 Å². The Hall–Kier alpha value is -2.22. The van der Waals surface area contributed by atoms with Crippen LogP contribution < -0.4 is 0 Å². The van der Waals surface area contributed by atoms with Gasteiger partial charge in [0.2, 0.25) is 0 Å². The highest BCUT2D eigenvalue weighted by molar-refractivity contribution is 6.02. The molecule has 0 N–H and O–H groups in total. The molecule has 4 aliphatic rings. The SMILES string of the molecule is C[C@]12CC=CC[C@@H]1CC[C@@H]1[C@@H]2CC[C@]2(C)c3nc4c(ccc5cccnc54)cc3C[C@@H]12. The maximum absolute atomic E-state index is 5.40. The van der Waals surface area contributed by atoms with E-state index < -0.39 is 0 Å². The van der Waals surface area contributed by atoms with Crippen molar-refractivity contribution >= 4 is 21.8 Å². The van der Waals surface area contributed by atoms with Gasteiger partial charge < -0.3 is 0 Å². The minimum absolute atomic E-state index is 0.231. The molecule has 2 heterocycles. The van der Waals surface area contributed by atoms with Crippen molar-refractivity contribution in [2.75, 3.05) is 0 Å². The van der Waals surface area contributed by atoms with Crippen LogP contribution in [0.25, 0.3) is 21.8 Å². The van der Waals surface area contributed by atoms with Crippen LogP contribution in [0.1, 0.15) is 63.6 Å². The van der Waals surface area contributed by atoms with E-state index in [0.29, 0.717) is 5.41 Å². The predicted octanol–water partition coefficient (Wildman–Crippen LogP) is 7.01. The molecule has 0 aliphatic heterocycles. The molecule has 3 aromatic rings. The Morgan fingerprint density at radius 2 is 1.84 bits per heavy atom. The third-order valence-electron chi connectivity index (χ3n) is 10.2. The van der Waals surface area contributed by atoms with Crippen LogP contribution in [0, 0.1) is 29.1 Å². The van der Waals surface area contributed by atoms with Crippen LogP contribution in [0.2, 0.25) is 0 Å². The smallest absolute Gasteiger partial charge is 0.0968 e. The summed E-state index contributed by atoms with van der Waals surface area (Å²) in [7, 11) is 0. The molecule has 4 aliphatic carbocycles. The van der Waals surface area contributed by atoms with Gasteiger partial charge in [-0.25, -0.2) is 4.98 Å². The zero-order valence-electron chi connectivity index (χ0n) is 18.8. The average molecular weight is 409 g/mol. The van der Waals surface area contributed by atoms with Crippen molar-refractivity contribution in [2.45, 2.75) is 64.2 Å². The van der Waals surface area contributed by atoms with Gasteiger partial charge in [0.15, 0.2) is 0 Å². The maximum Gasteiger partial charge on any atom is 0.0968 e. The van der Waals surface area contributed by atoms with Gasteiger partial charge in [0.05, 0.1) is 16.7 Å². The summed E-state index contributed by atoms with van der Waals surface area (Å²) in [6.45, 7) is 5.18. The second-order valence-corrected chi connectivity index (χ2v) is 11.4. The summed E-state index contributed by atoms with van der Waals surface area (Å²) >= 11 is 0. The highest BCUT2D eigenvalue weighted by atomic mass is 14.8. The molecule has 2 fully saturated rings. The highest BCUT2D eigenvalue weighted by Gasteiger charge is 2.58. The lowest BCUT2D eigenvalue weighted by Gasteiger charge is -2.59. The first-order valence-corrected chi connectivity index (χ1v) is 12.4. The minimum atomic E-state index is 0.231. The molecular formula is C29H32N2. The summed E-state index contributed by atoms with van der Waals surface area (Å²) in [5.74, 6) is 3.41. The van der Waals surface area contributed by atoms with Gasteiger partial charge in [0.25, 0.3) is 0 Å². The van der Waals surface area contributed by atoms with Crippen LogP contribution in [0.4, 0.5) is 0 Å². The molecule has 158 valence electrons. The first kappa shape index (κ1) is 18.4. The van der Waals surface area contributed by atoms with E-state index in [-0.39, 0.29) is 5.41 Å². The molecule has 0 bridgehead atoms.